The summed E-state index contributed by atoms with van der Waals surface area (Å²) in [5.74, 6) is 0.144. The second-order valence-corrected chi connectivity index (χ2v) is 4.65. The number of nitrogens with zero attached hydrogens (tertiary/aromatic N) is 1. The molecule has 0 spiro atoms. The third kappa shape index (κ3) is 1.67. The molecule has 0 saturated carbocycles. The number of carbonyl (C=O) groups is 1. The molecule has 2 heterocycles. The monoisotopic (exact) mass is 210 g/mol. The Morgan fingerprint density at radius 1 is 1.71 bits per heavy atom. The standard InChI is InChI=1S/C10H14N2OS/c1-7-3-5-14-9(7)10(13)12-4-2-8(11)6-12/h3,5,8H,2,4,6,11H2,1H3/t8-/m1/s1. The van der Waals surface area contributed by atoms with Crippen LogP contribution >= 0.6 is 11.3 Å². The average molecular weight is 210 g/mol. The van der Waals surface area contributed by atoms with Gasteiger partial charge in [-0.05, 0) is 30.4 Å². The molecular weight excluding hydrogens is 196 g/mol. The summed E-state index contributed by atoms with van der Waals surface area (Å²) in [5, 5.41) is 1.96. The fourth-order valence-electron chi connectivity index (χ4n) is 1.71. The summed E-state index contributed by atoms with van der Waals surface area (Å²) >= 11 is 1.51. The highest BCUT2D eigenvalue weighted by Gasteiger charge is 2.25. The lowest BCUT2D eigenvalue weighted by Gasteiger charge is -2.14. The van der Waals surface area contributed by atoms with Crippen molar-refractivity contribution in [1.29, 1.82) is 0 Å². The maximum Gasteiger partial charge on any atom is 0.264 e. The zero-order valence-corrected chi connectivity index (χ0v) is 9.01. The van der Waals surface area contributed by atoms with Gasteiger partial charge in [0.2, 0.25) is 0 Å². The molecule has 4 heteroatoms. The maximum atomic E-state index is 12.0. The van der Waals surface area contributed by atoms with Gasteiger partial charge in [-0.3, -0.25) is 4.79 Å². The van der Waals surface area contributed by atoms with Crippen molar-refractivity contribution >= 4 is 17.2 Å². The number of rotatable bonds is 1. The minimum atomic E-state index is 0.144. The molecule has 0 aromatic carbocycles. The smallest absolute Gasteiger partial charge is 0.264 e. The van der Waals surface area contributed by atoms with Crippen LogP contribution in [0, 0.1) is 6.92 Å². The Morgan fingerprint density at radius 2 is 2.50 bits per heavy atom. The number of nitrogens with two attached hydrogens (primary N) is 1. The minimum Gasteiger partial charge on any atom is -0.336 e. The second kappa shape index (κ2) is 3.71. The summed E-state index contributed by atoms with van der Waals surface area (Å²) in [6.07, 6.45) is 0.927. The zero-order valence-electron chi connectivity index (χ0n) is 8.19. The van der Waals surface area contributed by atoms with Gasteiger partial charge >= 0.3 is 0 Å². The van der Waals surface area contributed by atoms with Crippen LogP contribution in [0.1, 0.15) is 21.7 Å². The molecule has 1 aliphatic rings. The zero-order chi connectivity index (χ0) is 10.1. The van der Waals surface area contributed by atoms with Crippen LogP contribution < -0.4 is 5.73 Å². The Hall–Kier alpha value is -0.870. The van der Waals surface area contributed by atoms with Crippen LogP contribution in [0.5, 0.6) is 0 Å². The van der Waals surface area contributed by atoms with E-state index in [2.05, 4.69) is 0 Å². The van der Waals surface area contributed by atoms with Gasteiger partial charge in [0.05, 0.1) is 4.88 Å². The first-order valence-electron chi connectivity index (χ1n) is 4.77. The van der Waals surface area contributed by atoms with E-state index in [1.807, 2.05) is 23.3 Å². The van der Waals surface area contributed by atoms with E-state index in [0.717, 1.165) is 23.4 Å². The van der Waals surface area contributed by atoms with Crippen molar-refractivity contribution in [3.8, 4) is 0 Å². The number of aryl methyl sites for hydroxylation is 1. The molecule has 2 N–H and O–H groups in total. The normalized spacial score (nSPS) is 21.6. The van der Waals surface area contributed by atoms with Crippen molar-refractivity contribution in [3.63, 3.8) is 0 Å². The topological polar surface area (TPSA) is 46.3 Å². The number of hydrogen-bond donors (Lipinski definition) is 1. The van der Waals surface area contributed by atoms with Crippen molar-refractivity contribution in [3.05, 3.63) is 21.9 Å². The lowest BCUT2D eigenvalue weighted by Crippen LogP contribution is -2.31. The Bertz CT molecular complexity index is 348. The van der Waals surface area contributed by atoms with Crippen LogP contribution in [0.4, 0.5) is 0 Å². The van der Waals surface area contributed by atoms with E-state index in [-0.39, 0.29) is 11.9 Å². The molecule has 3 nitrogen and oxygen atoms in total. The van der Waals surface area contributed by atoms with Crippen LogP contribution in [-0.2, 0) is 0 Å². The van der Waals surface area contributed by atoms with E-state index in [1.54, 1.807) is 0 Å². The molecule has 1 saturated heterocycles. The largest absolute Gasteiger partial charge is 0.336 e. The first-order valence-corrected chi connectivity index (χ1v) is 5.65. The SMILES string of the molecule is Cc1ccsc1C(=O)N1CC[C@@H](N)C1. The molecule has 0 bridgehead atoms. The van der Waals surface area contributed by atoms with Crippen molar-refractivity contribution < 1.29 is 4.79 Å². The Labute approximate surface area is 87.5 Å². The number of carbonyl (C=O) groups excluding carboxylic acids is 1. The summed E-state index contributed by atoms with van der Waals surface area (Å²) in [7, 11) is 0. The van der Waals surface area contributed by atoms with Gasteiger partial charge < -0.3 is 10.6 Å². The van der Waals surface area contributed by atoms with Gasteiger partial charge in [0.1, 0.15) is 0 Å². The van der Waals surface area contributed by atoms with E-state index in [4.69, 9.17) is 5.73 Å². The molecule has 76 valence electrons. The molecule has 1 aliphatic heterocycles. The van der Waals surface area contributed by atoms with Crippen molar-refractivity contribution in [1.82, 2.24) is 4.90 Å². The van der Waals surface area contributed by atoms with Gasteiger partial charge in [-0.15, -0.1) is 11.3 Å². The average Bonchev–Trinajstić information content (AvgIpc) is 2.73. The number of thiophene rings is 1. The Kier molecular flexibility index (Phi) is 2.56. The van der Waals surface area contributed by atoms with Crippen molar-refractivity contribution in [2.24, 2.45) is 5.73 Å². The van der Waals surface area contributed by atoms with Gasteiger partial charge in [-0.2, -0.15) is 0 Å². The molecule has 1 amide bonds. The molecule has 1 aromatic rings. The predicted molar refractivity (Wildman–Crippen MR) is 57.6 cm³/mol. The van der Waals surface area contributed by atoms with E-state index in [0.29, 0.717) is 6.54 Å². The first kappa shape index (κ1) is 9.68. The van der Waals surface area contributed by atoms with Gasteiger partial charge in [0, 0.05) is 19.1 Å². The molecule has 14 heavy (non-hydrogen) atoms. The summed E-state index contributed by atoms with van der Waals surface area (Å²) in [5.41, 5.74) is 6.83. The van der Waals surface area contributed by atoms with Gasteiger partial charge in [-0.25, -0.2) is 0 Å². The molecule has 1 atom stereocenters. The van der Waals surface area contributed by atoms with E-state index >= 15 is 0 Å². The van der Waals surface area contributed by atoms with Crippen LogP contribution in [0.3, 0.4) is 0 Å². The number of amides is 1. The van der Waals surface area contributed by atoms with Crippen molar-refractivity contribution in [2.75, 3.05) is 13.1 Å². The highest BCUT2D eigenvalue weighted by atomic mass is 32.1. The van der Waals surface area contributed by atoms with Crippen LogP contribution in [-0.4, -0.2) is 29.9 Å². The van der Waals surface area contributed by atoms with Gasteiger partial charge in [0.15, 0.2) is 0 Å². The van der Waals surface area contributed by atoms with Crippen LogP contribution in [0.15, 0.2) is 11.4 Å². The third-order valence-electron chi connectivity index (χ3n) is 2.57. The Balaban J connectivity index is 2.13. The predicted octanol–water partition coefficient (Wildman–Crippen LogP) is 1.23. The summed E-state index contributed by atoms with van der Waals surface area (Å²) < 4.78 is 0. The summed E-state index contributed by atoms with van der Waals surface area (Å²) in [4.78, 5) is 14.7. The van der Waals surface area contributed by atoms with Gasteiger partial charge in [-0.1, -0.05) is 0 Å². The summed E-state index contributed by atoms with van der Waals surface area (Å²) in [6.45, 7) is 3.48. The van der Waals surface area contributed by atoms with Crippen molar-refractivity contribution in [2.45, 2.75) is 19.4 Å². The van der Waals surface area contributed by atoms with E-state index in [9.17, 15) is 4.79 Å². The Morgan fingerprint density at radius 3 is 3.00 bits per heavy atom. The number of likely N-dealkylation sites (tertiary alicyclic amines) is 1. The fourth-order valence-corrected chi connectivity index (χ4v) is 2.60. The highest BCUT2D eigenvalue weighted by Crippen LogP contribution is 2.20. The lowest BCUT2D eigenvalue weighted by molar-refractivity contribution is 0.0795. The molecule has 0 radical (unpaired) electrons. The number of hydrogen-bond acceptors (Lipinski definition) is 3. The minimum absolute atomic E-state index is 0.144. The van der Waals surface area contributed by atoms with Crippen LogP contribution in [0.2, 0.25) is 0 Å². The van der Waals surface area contributed by atoms with Crippen LogP contribution in [0.25, 0.3) is 0 Å². The molecular formula is C10H14N2OS. The van der Waals surface area contributed by atoms with Gasteiger partial charge in [0.25, 0.3) is 5.91 Å². The lowest BCUT2D eigenvalue weighted by atomic mass is 10.3. The molecule has 0 unspecified atom stereocenters. The molecule has 1 fully saturated rings. The highest BCUT2D eigenvalue weighted by molar-refractivity contribution is 7.12. The fraction of sp³-hybridized carbons (Fsp3) is 0.500. The molecule has 2 rings (SSSR count). The van der Waals surface area contributed by atoms with E-state index < -0.39 is 0 Å². The third-order valence-corrected chi connectivity index (χ3v) is 3.57. The van der Waals surface area contributed by atoms with E-state index in [1.165, 1.54) is 11.3 Å². The first-order chi connectivity index (χ1) is 6.68. The second-order valence-electron chi connectivity index (χ2n) is 3.73. The quantitative estimate of drug-likeness (QED) is 0.757. The molecule has 0 aliphatic carbocycles. The maximum absolute atomic E-state index is 12.0. The summed E-state index contributed by atoms with van der Waals surface area (Å²) in [6, 6.07) is 2.15. The molecule has 1 aromatic heterocycles.